The third-order valence-corrected chi connectivity index (χ3v) is 10.4. The molecule has 0 aromatic rings. The highest BCUT2D eigenvalue weighted by Gasteiger charge is 2.39. The van der Waals surface area contributed by atoms with Gasteiger partial charge in [0.25, 0.3) is 0 Å². The van der Waals surface area contributed by atoms with E-state index in [2.05, 4.69) is 13.8 Å². The fourth-order valence-corrected chi connectivity index (χ4v) is 7.10. The van der Waals surface area contributed by atoms with Gasteiger partial charge in [-0.15, -0.1) is 0 Å². The highest BCUT2D eigenvalue weighted by molar-refractivity contribution is 7.47. The number of nitrogens with two attached hydrogens (primary N) is 1. The number of ether oxygens (including phenoxy) is 2. The smallest absolute Gasteiger partial charge is 0.462 e. The Kier molecular flexibility index (Phi) is 28.5. The van der Waals surface area contributed by atoms with Crippen LogP contribution in [0, 0.1) is 11.8 Å². The number of unbranched alkanes of at least 4 members (excludes halogenated alkanes) is 13. The standard InChI is InChI=1S/C39H72NO11P/c1-3-5-7-8-9-10-11-12-13-14-19-23-38(44)48-30-33(31-50-52(46,47)49-28-27-40)51-39(45)24-20-16-15-18-22-34-35(37(43)29-36(34)42)26-25-32(41)21-17-6-4-2/h15,18,25-26,32-37,41-43H,3-14,16-17,19-24,27-31,40H2,1-2H3,(H,46,47)/b18-15+,26-25+/t32-,33+,34+,35+,36-,37+/m0/s1. The zero-order valence-electron chi connectivity index (χ0n) is 32.1. The molecule has 0 saturated heterocycles. The molecule has 0 spiro atoms. The molecule has 1 fully saturated rings. The van der Waals surface area contributed by atoms with Crippen LogP contribution >= 0.6 is 7.82 Å². The number of hydrogen-bond acceptors (Lipinski definition) is 11. The predicted molar refractivity (Wildman–Crippen MR) is 203 cm³/mol. The highest BCUT2D eigenvalue weighted by Crippen LogP contribution is 2.43. The van der Waals surface area contributed by atoms with Crippen molar-refractivity contribution >= 4 is 19.8 Å². The molecule has 1 unspecified atom stereocenters. The summed E-state index contributed by atoms with van der Waals surface area (Å²) in [5.74, 6) is -1.44. The lowest BCUT2D eigenvalue weighted by atomic mass is 9.89. The summed E-state index contributed by atoms with van der Waals surface area (Å²) >= 11 is 0. The molecule has 12 nitrogen and oxygen atoms in total. The number of phosphoric ester groups is 1. The van der Waals surface area contributed by atoms with Gasteiger partial charge in [0.2, 0.25) is 0 Å². The van der Waals surface area contributed by atoms with Gasteiger partial charge in [-0.1, -0.05) is 122 Å². The maximum absolute atomic E-state index is 12.6. The quantitative estimate of drug-likeness (QED) is 0.0196. The molecule has 0 amide bonds. The first kappa shape index (κ1) is 48.4. The van der Waals surface area contributed by atoms with Crippen LogP contribution in [-0.4, -0.2) is 82.9 Å². The third kappa shape index (κ3) is 24.6. The van der Waals surface area contributed by atoms with Gasteiger partial charge in [-0.25, -0.2) is 4.57 Å². The van der Waals surface area contributed by atoms with Gasteiger partial charge in [0, 0.05) is 31.7 Å². The monoisotopic (exact) mass is 761 g/mol. The second-order valence-corrected chi connectivity index (χ2v) is 15.6. The molecule has 0 aromatic carbocycles. The Morgan fingerprint density at radius 2 is 1.42 bits per heavy atom. The zero-order valence-corrected chi connectivity index (χ0v) is 33.0. The summed E-state index contributed by atoms with van der Waals surface area (Å²) in [6.07, 6.45) is 23.1. The van der Waals surface area contributed by atoms with Gasteiger partial charge in [-0.2, -0.15) is 0 Å². The molecule has 1 saturated carbocycles. The first-order chi connectivity index (χ1) is 25.0. The van der Waals surface area contributed by atoms with E-state index in [1.165, 1.54) is 44.9 Å². The predicted octanol–water partition coefficient (Wildman–Crippen LogP) is 7.21. The molecule has 304 valence electrons. The van der Waals surface area contributed by atoms with Crippen LogP contribution in [0.15, 0.2) is 24.3 Å². The van der Waals surface area contributed by atoms with Crippen LogP contribution in [0.25, 0.3) is 0 Å². The lowest BCUT2D eigenvalue weighted by molar-refractivity contribution is -0.161. The number of aliphatic hydroxyl groups excluding tert-OH is 3. The van der Waals surface area contributed by atoms with E-state index in [0.717, 1.165) is 38.5 Å². The minimum atomic E-state index is -4.44. The summed E-state index contributed by atoms with van der Waals surface area (Å²) in [5.41, 5.74) is 5.33. The largest absolute Gasteiger partial charge is 0.472 e. The molecule has 0 bridgehead atoms. The number of rotatable bonds is 33. The molecular formula is C39H72NO11P. The van der Waals surface area contributed by atoms with Crippen LogP contribution < -0.4 is 5.73 Å². The van der Waals surface area contributed by atoms with Crippen molar-refractivity contribution in [3.8, 4) is 0 Å². The van der Waals surface area contributed by atoms with Gasteiger partial charge in [-0.3, -0.25) is 18.6 Å². The third-order valence-electron chi connectivity index (χ3n) is 9.41. The van der Waals surface area contributed by atoms with Crippen molar-refractivity contribution in [2.75, 3.05) is 26.4 Å². The van der Waals surface area contributed by atoms with Crippen LogP contribution in [0.3, 0.4) is 0 Å². The number of hydrogen-bond donors (Lipinski definition) is 5. The van der Waals surface area contributed by atoms with E-state index in [4.69, 9.17) is 24.3 Å². The number of esters is 2. The number of carbonyl (C=O) groups is 2. The van der Waals surface area contributed by atoms with Crippen molar-refractivity contribution in [2.45, 2.75) is 173 Å². The fraction of sp³-hybridized carbons (Fsp3) is 0.846. The molecule has 52 heavy (non-hydrogen) atoms. The molecule has 1 rings (SSSR count). The SMILES string of the molecule is CCCCCCCCCCCCCC(=O)OC[C@H](COP(=O)(O)OCCN)OC(=O)CCC/C=C/C[C@@H]1[C@@H](/C=C/[C@@H](O)CCCCC)[C@H](O)C[C@@H]1O. The Labute approximate surface area is 313 Å². The molecule has 7 atom stereocenters. The second-order valence-electron chi connectivity index (χ2n) is 14.1. The highest BCUT2D eigenvalue weighted by atomic mass is 31.2. The lowest BCUT2D eigenvalue weighted by Crippen LogP contribution is -2.29. The number of carbonyl (C=O) groups excluding carboxylic acids is 2. The summed E-state index contributed by atoms with van der Waals surface area (Å²) in [5, 5.41) is 31.2. The van der Waals surface area contributed by atoms with Crippen molar-refractivity contribution in [3.63, 3.8) is 0 Å². The molecule has 0 radical (unpaired) electrons. The van der Waals surface area contributed by atoms with Gasteiger partial charge in [0.05, 0.1) is 31.5 Å². The summed E-state index contributed by atoms with van der Waals surface area (Å²) in [6.45, 7) is 3.33. The molecule has 0 aromatic heterocycles. The van der Waals surface area contributed by atoms with Gasteiger partial charge in [-0.05, 0) is 38.0 Å². The Morgan fingerprint density at radius 3 is 2.08 bits per heavy atom. The van der Waals surface area contributed by atoms with E-state index < -0.39 is 50.8 Å². The number of aliphatic hydroxyl groups is 3. The van der Waals surface area contributed by atoms with Crippen LogP contribution in [0.1, 0.15) is 149 Å². The van der Waals surface area contributed by atoms with Gasteiger partial charge in [0.15, 0.2) is 6.10 Å². The first-order valence-corrected chi connectivity index (χ1v) is 21.6. The average molecular weight is 762 g/mol. The van der Waals surface area contributed by atoms with Gasteiger partial charge in [0.1, 0.15) is 6.61 Å². The Bertz CT molecular complexity index is 1030. The summed E-state index contributed by atoms with van der Waals surface area (Å²) in [4.78, 5) is 34.9. The lowest BCUT2D eigenvalue weighted by Gasteiger charge is -2.20. The summed E-state index contributed by atoms with van der Waals surface area (Å²) < 4.78 is 32.6. The minimum absolute atomic E-state index is 0.0155. The van der Waals surface area contributed by atoms with E-state index in [0.29, 0.717) is 32.1 Å². The maximum Gasteiger partial charge on any atom is 0.472 e. The Hall–Kier alpha value is -1.63. The number of allylic oxidation sites excluding steroid dienone is 2. The summed E-state index contributed by atoms with van der Waals surface area (Å²) in [6, 6.07) is 0. The van der Waals surface area contributed by atoms with E-state index >= 15 is 0 Å². The Balaban J connectivity index is 2.48. The fourth-order valence-electron chi connectivity index (χ4n) is 6.33. The molecule has 1 aliphatic carbocycles. The van der Waals surface area contributed by atoms with E-state index in [1.54, 1.807) is 6.08 Å². The van der Waals surface area contributed by atoms with Crippen LogP contribution in [0.4, 0.5) is 0 Å². The molecule has 1 aliphatic rings. The van der Waals surface area contributed by atoms with Crippen LogP contribution in [0.2, 0.25) is 0 Å². The maximum atomic E-state index is 12.6. The number of phosphoric acid groups is 1. The first-order valence-electron chi connectivity index (χ1n) is 20.1. The molecule has 0 aliphatic heterocycles. The van der Waals surface area contributed by atoms with E-state index in [9.17, 15) is 34.4 Å². The second kappa shape index (κ2) is 30.7. The van der Waals surface area contributed by atoms with E-state index in [-0.39, 0.29) is 50.9 Å². The van der Waals surface area contributed by atoms with Crippen molar-refractivity contribution in [1.29, 1.82) is 0 Å². The normalized spacial score (nSPS) is 21.4. The molecule has 6 N–H and O–H groups in total. The minimum Gasteiger partial charge on any atom is -0.462 e. The van der Waals surface area contributed by atoms with Crippen molar-refractivity contribution in [2.24, 2.45) is 17.6 Å². The van der Waals surface area contributed by atoms with E-state index in [1.807, 2.05) is 18.2 Å². The average Bonchev–Trinajstić information content (AvgIpc) is 3.38. The molecular weight excluding hydrogens is 689 g/mol. The molecule has 0 heterocycles. The van der Waals surface area contributed by atoms with Crippen molar-refractivity contribution in [3.05, 3.63) is 24.3 Å². The van der Waals surface area contributed by atoms with Crippen LogP contribution in [-0.2, 0) is 32.7 Å². The summed E-state index contributed by atoms with van der Waals surface area (Å²) in [7, 11) is -4.44. The Morgan fingerprint density at radius 1 is 0.808 bits per heavy atom. The van der Waals surface area contributed by atoms with Gasteiger partial charge >= 0.3 is 19.8 Å². The van der Waals surface area contributed by atoms with Crippen molar-refractivity contribution in [1.82, 2.24) is 0 Å². The van der Waals surface area contributed by atoms with Gasteiger partial charge < -0.3 is 35.4 Å². The molecule has 13 heteroatoms. The zero-order chi connectivity index (χ0) is 38.5. The topological polar surface area (TPSA) is 195 Å². The van der Waals surface area contributed by atoms with Crippen LogP contribution in [0.5, 0.6) is 0 Å². The van der Waals surface area contributed by atoms with Crippen molar-refractivity contribution < 1.29 is 52.9 Å².